The van der Waals surface area contributed by atoms with Gasteiger partial charge in [-0.25, -0.2) is 0 Å². The fourth-order valence-corrected chi connectivity index (χ4v) is 1.11. The molecule has 0 N–H and O–H groups in total. The largest absolute Gasteiger partial charge is 0.673 e. The summed E-state index contributed by atoms with van der Waals surface area (Å²) in [6.07, 6.45) is 3.55. The Labute approximate surface area is 97.4 Å². The van der Waals surface area contributed by atoms with Gasteiger partial charge >= 0.3 is 12.9 Å². The molecule has 0 aromatic heterocycles. The third kappa shape index (κ3) is 10.7. The Kier molecular flexibility index (Phi) is 6.95. The second kappa shape index (κ2) is 7.66. The summed E-state index contributed by atoms with van der Waals surface area (Å²) >= 11 is 0. The molecule has 0 amide bonds. The van der Waals surface area contributed by atoms with Crippen LogP contribution in [0.3, 0.4) is 0 Å². The van der Waals surface area contributed by atoms with Gasteiger partial charge in [0.05, 0.1) is 0 Å². The lowest BCUT2D eigenvalue weighted by Gasteiger charge is -1.95. The van der Waals surface area contributed by atoms with Gasteiger partial charge in [-0.1, -0.05) is 25.5 Å². The van der Waals surface area contributed by atoms with Gasteiger partial charge in [0, 0.05) is 12.1 Å². The maximum atomic E-state index is 9.75. The minimum Gasteiger partial charge on any atom is -0.418 e. The van der Waals surface area contributed by atoms with Crippen LogP contribution in [-0.4, -0.2) is 7.25 Å². The topological polar surface area (TPSA) is 28.1 Å². The lowest BCUT2D eigenvalue weighted by molar-refractivity contribution is 0.368. The number of aryl methyl sites for hydroxylation is 1. The number of benzene rings is 1. The fraction of sp³-hybridized carbons (Fsp3) is 0.400. The average molecular weight is 248 g/mol. The Morgan fingerprint density at radius 3 is 1.94 bits per heavy atom. The lowest BCUT2D eigenvalue weighted by Crippen LogP contribution is -2.02. The maximum absolute atomic E-state index is 9.75. The maximum Gasteiger partial charge on any atom is 0.673 e. The van der Waals surface area contributed by atoms with Crippen LogP contribution in [0.1, 0.15) is 25.3 Å². The van der Waals surface area contributed by atoms with Gasteiger partial charge in [-0.3, -0.25) is 0 Å². The van der Waals surface area contributed by atoms with Gasteiger partial charge in [-0.05, 0) is 18.4 Å². The first kappa shape index (κ1) is 15.4. The molecule has 17 heavy (non-hydrogen) atoms. The molecule has 0 atom stereocenters. The van der Waals surface area contributed by atoms with Gasteiger partial charge in [0.15, 0.2) is 4.98 Å². The first-order valence-electron chi connectivity index (χ1n) is 5.18. The zero-order valence-electron chi connectivity index (χ0n) is 9.41. The van der Waals surface area contributed by atoms with Crippen molar-refractivity contribution < 1.29 is 17.3 Å². The van der Waals surface area contributed by atoms with Crippen LogP contribution in [0.5, 0.6) is 0 Å². The van der Waals surface area contributed by atoms with E-state index in [1.165, 1.54) is 18.4 Å². The van der Waals surface area contributed by atoms with Crippen LogP contribution in [0.4, 0.5) is 23.0 Å². The molecule has 0 aliphatic heterocycles. The van der Waals surface area contributed by atoms with Crippen molar-refractivity contribution in [3.05, 3.63) is 34.8 Å². The van der Waals surface area contributed by atoms with Crippen LogP contribution in [-0.2, 0) is 6.42 Å². The van der Waals surface area contributed by atoms with Crippen LogP contribution in [0.25, 0.3) is 4.98 Å². The van der Waals surface area contributed by atoms with Crippen LogP contribution < -0.4 is 0 Å². The quantitative estimate of drug-likeness (QED) is 0.428. The van der Waals surface area contributed by atoms with Gasteiger partial charge < -0.3 is 17.3 Å². The number of halogens is 4. The molecule has 1 aromatic carbocycles. The molecule has 0 saturated carbocycles. The second-order valence-electron chi connectivity index (χ2n) is 3.36. The molecule has 94 valence electrons. The van der Waals surface area contributed by atoms with E-state index in [1.54, 1.807) is 0 Å². The predicted molar refractivity (Wildman–Crippen MR) is 60.0 cm³/mol. The molecule has 1 aromatic rings. The molecule has 0 saturated heterocycles. The molecule has 0 spiro atoms. The molecular formula is C10H13BF4N2. The van der Waals surface area contributed by atoms with Crippen molar-refractivity contribution in [3.63, 3.8) is 0 Å². The van der Waals surface area contributed by atoms with Crippen LogP contribution in [0, 0.1) is 5.39 Å². The van der Waals surface area contributed by atoms with Gasteiger partial charge in [-0.15, -0.1) is 0 Å². The molecule has 0 fully saturated rings. The number of hydrogen-bond acceptors (Lipinski definition) is 1. The summed E-state index contributed by atoms with van der Waals surface area (Å²) in [6, 6.07) is 7.66. The molecule has 0 aliphatic rings. The normalized spacial score (nSPS) is 10.1. The summed E-state index contributed by atoms with van der Waals surface area (Å²) in [5.41, 5.74) is 1.93. The number of hydrogen-bond donors (Lipinski definition) is 0. The molecule has 0 bridgehead atoms. The number of nitrogens with zero attached hydrogens (tertiary/aromatic N) is 2. The van der Waals surface area contributed by atoms with Gasteiger partial charge in [0.25, 0.3) is 0 Å². The minimum atomic E-state index is -6.00. The Morgan fingerprint density at radius 1 is 1.12 bits per heavy atom. The van der Waals surface area contributed by atoms with Crippen LogP contribution >= 0.6 is 0 Å². The van der Waals surface area contributed by atoms with Crippen LogP contribution in [0.2, 0.25) is 0 Å². The number of rotatable bonds is 3. The number of diazo groups is 1. The summed E-state index contributed by atoms with van der Waals surface area (Å²) in [5.74, 6) is 0. The highest BCUT2D eigenvalue weighted by atomic mass is 19.5. The zero-order valence-corrected chi connectivity index (χ0v) is 9.41. The highest BCUT2D eigenvalue weighted by molar-refractivity contribution is 6.50. The Hall–Kier alpha value is -1.58. The van der Waals surface area contributed by atoms with Crippen molar-refractivity contribution in [2.45, 2.75) is 26.2 Å². The van der Waals surface area contributed by atoms with E-state index in [0.29, 0.717) is 5.69 Å². The van der Waals surface area contributed by atoms with Crippen molar-refractivity contribution in [1.29, 1.82) is 5.39 Å². The van der Waals surface area contributed by atoms with Crippen molar-refractivity contribution in [3.8, 4) is 0 Å². The van der Waals surface area contributed by atoms with E-state index in [2.05, 4.69) is 11.9 Å². The molecule has 0 unspecified atom stereocenters. The van der Waals surface area contributed by atoms with E-state index >= 15 is 0 Å². The van der Waals surface area contributed by atoms with E-state index < -0.39 is 7.25 Å². The lowest BCUT2D eigenvalue weighted by atomic mass is 10.1. The summed E-state index contributed by atoms with van der Waals surface area (Å²) < 4.78 is 39.0. The summed E-state index contributed by atoms with van der Waals surface area (Å²) in [7, 11) is -6.00. The van der Waals surface area contributed by atoms with E-state index in [0.717, 1.165) is 6.42 Å². The molecule has 2 nitrogen and oxygen atoms in total. The third-order valence-electron chi connectivity index (χ3n) is 1.87. The first-order chi connectivity index (χ1) is 7.86. The molecule has 0 radical (unpaired) electrons. The summed E-state index contributed by atoms with van der Waals surface area (Å²) in [4.78, 5) is 3.09. The molecular weight excluding hydrogens is 235 g/mol. The predicted octanol–water partition coefficient (Wildman–Crippen LogP) is 4.81. The van der Waals surface area contributed by atoms with Crippen molar-refractivity contribution in [2.75, 3.05) is 0 Å². The Bertz CT molecular complexity index is 350. The highest BCUT2D eigenvalue weighted by Crippen LogP contribution is 2.13. The average Bonchev–Trinajstić information content (AvgIpc) is 2.25. The molecule has 7 heteroatoms. The van der Waals surface area contributed by atoms with E-state index in [1.807, 2.05) is 24.3 Å². The summed E-state index contributed by atoms with van der Waals surface area (Å²) in [5, 5.41) is 8.43. The van der Waals surface area contributed by atoms with Crippen molar-refractivity contribution in [1.82, 2.24) is 0 Å². The highest BCUT2D eigenvalue weighted by Gasteiger charge is 2.20. The Balaban J connectivity index is 0.000000437. The van der Waals surface area contributed by atoms with Gasteiger partial charge in [0.1, 0.15) is 0 Å². The fourth-order valence-electron chi connectivity index (χ4n) is 1.11. The van der Waals surface area contributed by atoms with E-state index in [4.69, 9.17) is 5.39 Å². The second-order valence-corrected chi connectivity index (χ2v) is 3.36. The number of unbranched alkanes of at least 4 members (excludes halogenated alkanes) is 1. The van der Waals surface area contributed by atoms with E-state index in [-0.39, 0.29) is 0 Å². The monoisotopic (exact) mass is 248 g/mol. The molecule has 0 aliphatic carbocycles. The molecule has 1 rings (SSSR count). The third-order valence-corrected chi connectivity index (χ3v) is 1.87. The van der Waals surface area contributed by atoms with Crippen molar-refractivity contribution in [2.24, 2.45) is 0 Å². The SMILES string of the molecule is CCCCc1ccc([N+]#N)cc1.F[B-](F)(F)F. The van der Waals surface area contributed by atoms with E-state index in [9.17, 15) is 17.3 Å². The van der Waals surface area contributed by atoms with Gasteiger partial charge in [0.2, 0.25) is 5.39 Å². The van der Waals surface area contributed by atoms with Crippen LogP contribution in [0.15, 0.2) is 24.3 Å². The van der Waals surface area contributed by atoms with Gasteiger partial charge in [-0.2, -0.15) is 0 Å². The summed E-state index contributed by atoms with van der Waals surface area (Å²) in [6.45, 7) is 2.18. The zero-order chi connectivity index (χ0) is 13.3. The molecule has 0 heterocycles. The first-order valence-corrected chi connectivity index (χ1v) is 5.18. The van der Waals surface area contributed by atoms with Crippen molar-refractivity contribution >= 4 is 12.9 Å². The minimum absolute atomic E-state index is 0.621. The standard InChI is InChI=1S/C10H13N2.BF4/c1-2-3-4-9-5-7-10(12-11)8-6-9;2-1(3,4)5/h5-8H,2-4H2,1H3;/q+1;-1. The smallest absolute Gasteiger partial charge is 0.418 e. The Morgan fingerprint density at radius 2 is 1.59 bits per heavy atom.